The molecule has 0 heterocycles. The van der Waals surface area contributed by atoms with Gasteiger partial charge in [-0.2, -0.15) is 0 Å². The second kappa shape index (κ2) is 26.0. The van der Waals surface area contributed by atoms with Crippen LogP contribution in [0.25, 0.3) is 0 Å². The lowest BCUT2D eigenvalue weighted by Crippen LogP contribution is -2.61. The Balaban J connectivity index is 2.41. The summed E-state index contributed by atoms with van der Waals surface area (Å²) in [6.07, 6.45) is -1.11. The lowest BCUT2D eigenvalue weighted by atomic mass is 9.96. The highest BCUT2D eigenvalue weighted by Gasteiger charge is 2.35. The van der Waals surface area contributed by atoms with Crippen LogP contribution in [0.4, 0.5) is 0 Å². The van der Waals surface area contributed by atoms with Gasteiger partial charge in [0.1, 0.15) is 42.0 Å². The van der Waals surface area contributed by atoms with Crippen LogP contribution in [0.5, 0.6) is 5.75 Å². The number of rotatable bonds is 27. The average Bonchev–Trinajstić information content (AvgIpc) is 3.22. The van der Waals surface area contributed by atoms with Gasteiger partial charge in [0.15, 0.2) is 0 Å². The van der Waals surface area contributed by atoms with Crippen molar-refractivity contribution in [3.8, 4) is 5.75 Å². The quantitative estimate of drug-likeness (QED) is 0.0552. The van der Waals surface area contributed by atoms with Gasteiger partial charge >= 0.3 is 11.9 Å². The molecule has 13 N–H and O–H groups in total. The average molecular weight is 883 g/mol. The molecule has 0 fully saturated rings. The summed E-state index contributed by atoms with van der Waals surface area (Å²) in [5.74, 6) is -9.11. The number of phenols is 1. The van der Waals surface area contributed by atoms with Gasteiger partial charge in [-0.1, -0.05) is 76.6 Å². The molecule has 0 aliphatic rings. The van der Waals surface area contributed by atoms with E-state index in [2.05, 4.69) is 31.9 Å². The van der Waals surface area contributed by atoms with Gasteiger partial charge in [0, 0.05) is 25.7 Å². The number of amides is 7. The van der Waals surface area contributed by atoms with Crippen LogP contribution in [0.1, 0.15) is 84.3 Å². The number of hydrogen-bond donors (Lipinski definition) is 11. The number of carboxylic acids is 2. The van der Waals surface area contributed by atoms with Gasteiger partial charge in [-0.15, -0.1) is 0 Å². The lowest BCUT2D eigenvalue weighted by Gasteiger charge is -2.29. The monoisotopic (exact) mass is 882 g/mol. The van der Waals surface area contributed by atoms with E-state index in [0.29, 0.717) is 17.5 Å². The fourth-order valence-electron chi connectivity index (χ4n) is 6.24. The summed E-state index contributed by atoms with van der Waals surface area (Å²) in [5, 5.41) is 44.3. The van der Waals surface area contributed by atoms with E-state index in [9.17, 15) is 58.5 Å². The first-order valence-corrected chi connectivity index (χ1v) is 20.7. The molecule has 0 aromatic heterocycles. The third-order valence-electron chi connectivity index (χ3n) is 10.1. The van der Waals surface area contributed by atoms with Crippen molar-refractivity contribution in [3.05, 3.63) is 65.7 Å². The zero-order valence-electron chi connectivity index (χ0n) is 36.2. The molecule has 0 aliphatic heterocycles. The number of carboxylic acid groups (broad SMARTS) is 2. The molecule has 0 spiro atoms. The van der Waals surface area contributed by atoms with E-state index in [1.165, 1.54) is 31.2 Å². The smallest absolute Gasteiger partial charge is 0.326 e. The fourth-order valence-corrected chi connectivity index (χ4v) is 6.24. The van der Waals surface area contributed by atoms with Gasteiger partial charge in [-0.05, 0) is 61.3 Å². The summed E-state index contributed by atoms with van der Waals surface area (Å²) in [5.41, 5.74) is 12.1. The van der Waals surface area contributed by atoms with Gasteiger partial charge < -0.3 is 58.7 Å². The topological polar surface area (TPSA) is 339 Å². The summed E-state index contributed by atoms with van der Waals surface area (Å²) in [6.45, 7) is 8.28. The number of phenolic OH excluding ortho intramolecular Hbond substituents is 1. The minimum atomic E-state index is -1.57. The first kappa shape index (κ1) is 52.6. The number of carbonyl (C=O) groups excluding carboxylic acids is 7. The highest BCUT2D eigenvalue weighted by atomic mass is 16.4. The molecule has 2 aromatic rings. The minimum Gasteiger partial charge on any atom is -0.508 e. The molecule has 0 bridgehead atoms. The number of nitrogens with one attached hydrogen (secondary N) is 6. The van der Waals surface area contributed by atoms with Crippen LogP contribution in [-0.2, 0) is 56.0 Å². The summed E-state index contributed by atoms with van der Waals surface area (Å²) in [6, 6.07) is 4.98. The van der Waals surface area contributed by atoms with Crippen molar-refractivity contribution in [2.24, 2.45) is 23.3 Å². The Morgan fingerprint density at radius 3 is 1.62 bits per heavy atom. The third-order valence-corrected chi connectivity index (χ3v) is 10.1. The molecular formula is C43H62N8O12. The molecule has 20 nitrogen and oxygen atoms in total. The molecule has 346 valence electrons. The van der Waals surface area contributed by atoms with Crippen LogP contribution in [0.2, 0.25) is 0 Å². The van der Waals surface area contributed by atoms with Gasteiger partial charge in [-0.3, -0.25) is 38.4 Å². The van der Waals surface area contributed by atoms with Crippen molar-refractivity contribution in [2.45, 2.75) is 128 Å². The molecule has 7 amide bonds. The minimum absolute atomic E-state index is 0.0555. The zero-order valence-corrected chi connectivity index (χ0v) is 36.2. The van der Waals surface area contributed by atoms with Gasteiger partial charge in [0.05, 0.1) is 6.04 Å². The first-order chi connectivity index (χ1) is 29.6. The number of hydrogen-bond acceptors (Lipinski definition) is 11. The first-order valence-electron chi connectivity index (χ1n) is 20.7. The van der Waals surface area contributed by atoms with Crippen LogP contribution in [0.15, 0.2) is 54.6 Å². The molecule has 0 saturated carbocycles. The third kappa shape index (κ3) is 18.9. The number of aliphatic carboxylic acids is 2. The van der Waals surface area contributed by atoms with Crippen molar-refractivity contribution >= 4 is 53.3 Å². The predicted molar refractivity (Wildman–Crippen MR) is 229 cm³/mol. The normalized spacial score (nSPS) is 14.8. The van der Waals surface area contributed by atoms with E-state index >= 15 is 0 Å². The standard InChI is InChI=1S/C43H62N8O12/c1-6-24(4)36(51-41(60)32(21-26-10-8-7-9-11-26)48-37(56)25(5)46-38(57)29(44)16-18-34(45)53)42(61)47-30(17-19-35(54)55)39(58)49-31(22-27-12-14-28(52)15-13-27)40(59)50-33(43(62)63)20-23(2)3/h7-15,23-25,29-33,36,52H,6,16-22,44H2,1-5H3,(H2,45,53)(H,46,57)(H,47,61)(H,48,56)(H,49,58)(H,50,59)(H,51,60)(H,54,55)(H,62,63)/t24-,25-,29-,30-,31-,32-,33-,36-/m0/s1. The highest BCUT2D eigenvalue weighted by Crippen LogP contribution is 2.15. The van der Waals surface area contributed by atoms with E-state index in [0.717, 1.165) is 0 Å². The maximum Gasteiger partial charge on any atom is 0.326 e. The van der Waals surface area contributed by atoms with Crippen molar-refractivity contribution < 1.29 is 58.5 Å². The van der Waals surface area contributed by atoms with E-state index in [4.69, 9.17) is 11.5 Å². The van der Waals surface area contributed by atoms with E-state index < -0.39 is 114 Å². The summed E-state index contributed by atoms with van der Waals surface area (Å²) < 4.78 is 0. The van der Waals surface area contributed by atoms with Crippen molar-refractivity contribution in [2.75, 3.05) is 0 Å². The fraction of sp³-hybridized carbons (Fsp3) is 0.512. The molecule has 0 unspecified atom stereocenters. The zero-order chi connectivity index (χ0) is 47.4. The van der Waals surface area contributed by atoms with E-state index in [1.807, 2.05) is 0 Å². The molecule has 0 aliphatic carbocycles. The summed E-state index contributed by atoms with van der Waals surface area (Å²) >= 11 is 0. The Bertz CT molecular complexity index is 1900. The Labute approximate surface area is 366 Å². The maximum absolute atomic E-state index is 14.1. The van der Waals surface area contributed by atoms with Crippen molar-refractivity contribution in [3.63, 3.8) is 0 Å². The second-order valence-corrected chi connectivity index (χ2v) is 15.9. The number of carbonyl (C=O) groups is 9. The number of primary amides is 1. The predicted octanol–water partition coefficient (Wildman–Crippen LogP) is -0.259. The number of benzene rings is 2. The van der Waals surface area contributed by atoms with Crippen LogP contribution in [-0.4, -0.2) is 111 Å². The summed E-state index contributed by atoms with van der Waals surface area (Å²) in [4.78, 5) is 117. The lowest BCUT2D eigenvalue weighted by molar-refractivity contribution is -0.142. The van der Waals surface area contributed by atoms with Gasteiger partial charge in [0.25, 0.3) is 0 Å². The van der Waals surface area contributed by atoms with Gasteiger partial charge in [-0.25, -0.2) is 4.79 Å². The molecule has 0 radical (unpaired) electrons. The number of nitrogens with two attached hydrogens (primary N) is 2. The molecular weight excluding hydrogens is 821 g/mol. The molecule has 2 aromatic carbocycles. The van der Waals surface area contributed by atoms with E-state index in [-0.39, 0.29) is 43.8 Å². The molecule has 20 heteroatoms. The van der Waals surface area contributed by atoms with E-state index in [1.54, 1.807) is 58.0 Å². The second-order valence-electron chi connectivity index (χ2n) is 15.9. The molecule has 0 saturated heterocycles. The van der Waals surface area contributed by atoms with Crippen molar-refractivity contribution in [1.82, 2.24) is 31.9 Å². The highest BCUT2D eigenvalue weighted by molar-refractivity contribution is 5.97. The Morgan fingerprint density at radius 2 is 1.10 bits per heavy atom. The van der Waals surface area contributed by atoms with Crippen LogP contribution >= 0.6 is 0 Å². The van der Waals surface area contributed by atoms with Crippen LogP contribution in [0, 0.1) is 11.8 Å². The summed E-state index contributed by atoms with van der Waals surface area (Å²) in [7, 11) is 0. The Kier molecular flexibility index (Phi) is 21.7. The van der Waals surface area contributed by atoms with Crippen LogP contribution < -0.4 is 43.4 Å². The number of aromatic hydroxyl groups is 1. The molecule has 8 atom stereocenters. The Hall–Kier alpha value is -6.57. The molecule has 2 rings (SSSR count). The maximum atomic E-state index is 14.1. The van der Waals surface area contributed by atoms with Crippen molar-refractivity contribution in [1.29, 1.82) is 0 Å². The Morgan fingerprint density at radius 1 is 0.587 bits per heavy atom. The SMILES string of the molecule is CC[C@H](C)[C@H](NC(=O)[C@H](Cc1ccccc1)NC(=O)[C@H](C)NC(=O)[C@@H](N)CCC(N)=O)C(=O)N[C@@H](CCC(=O)O)C(=O)N[C@@H](Cc1ccc(O)cc1)C(=O)N[C@@H](CC(C)C)C(=O)O. The largest absolute Gasteiger partial charge is 0.508 e. The van der Waals surface area contributed by atoms with Crippen LogP contribution in [0.3, 0.4) is 0 Å². The molecule has 63 heavy (non-hydrogen) atoms. The van der Waals surface area contributed by atoms with Gasteiger partial charge in [0.2, 0.25) is 41.4 Å².